The highest BCUT2D eigenvalue weighted by molar-refractivity contribution is 5.15. The molecule has 0 amide bonds. The van der Waals surface area contributed by atoms with Crippen LogP contribution in [0.2, 0.25) is 0 Å². The van der Waals surface area contributed by atoms with Crippen molar-refractivity contribution < 1.29 is 23.7 Å². The summed E-state index contributed by atoms with van der Waals surface area (Å²) in [5.41, 5.74) is 0.997. The monoisotopic (exact) mass is 309 g/mol. The molecule has 0 radical (unpaired) electrons. The van der Waals surface area contributed by atoms with Gasteiger partial charge in [0.05, 0.1) is 6.61 Å². The predicted molar refractivity (Wildman–Crippen MR) is 77.1 cm³/mol. The van der Waals surface area contributed by atoms with E-state index in [1.165, 1.54) is 0 Å². The van der Waals surface area contributed by atoms with Gasteiger partial charge in [0.15, 0.2) is 11.6 Å². The van der Waals surface area contributed by atoms with Crippen molar-refractivity contribution in [1.82, 2.24) is 4.98 Å². The van der Waals surface area contributed by atoms with Crippen LogP contribution >= 0.6 is 0 Å². The van der Waals surface area contributed by atoms with Gasteiger partial charge in [-0.2, -0.15) is 0 Å². The first kappa shape index (κ1) is 14.7. The lowest BCUT2D eigenvalue weighted by Gasteiger charge is -2.26. The zero-order chi connectivity index (χ0) is 15.5. The van der Waals surface area contributed by atoms with Gasteiger partial charge < -0.3 is 28.7 Å². The summed E-state index contributed by atoms with van der Waals surface area (Å²) in [4.78, 5) is 3.21. The van der Waals surface area contributed by atoms with E-state index in [0.29, 0.717) is 6.61 Å². The van der Waals surface area contributed by atoms with E-state index in [2.05, 4.69) is 4.98 Å². The molecular formula is C16H23NO5. The minimum absolute atomic E-state index is 0.147. The maximum absolute atomic E-state index is 6.26. The maximum atomic E-state index is 6.26. The van der Waals surface area contributed by atoms with Crippen molar-refractivity contribution in [3.8, 4) is 0 Å². The molecule has 4 rings (SSSR count). The molecule has 0 spiro atoms. The molecule has 3 saturated heterocycles. The molecule has 1 aromatic rings. The quantitative estimate of drug-likeness (QED) is 0.907. The second-order valence-corrected chi connectivity index (χ2v) is 7.08. The normalized spacial score (nSPS) is 42.6. The van der Waals surface area contributed by atoms with E-state index in [9.17, 15) is 0 Å². The van der Waals surface area contributed by atoms with Gasteiger partial charge in [-0.25, -0.2) is 0 Å². The van der Waals surface area contributed by atoms with E-state index >= 15 is 0 Å². The summed E-state index contributed by atoms with van der Waals surface area (Å²) in [6.07, 6.45) is 1.04. The summed E-state index contributed by atoms with van der Waals surface area (Å²) >= 11 is 0. The molecule has 2 unspecified atom stereocenters. The van der Waals surface area contributed by atoms with Gasteiger partial charge in [-0.15, -0.1) is 0 Å². The third-order valence-electron chi connectivity index (χ3n) is 4.41. The number of rotatable bonds is 2. The summed E-state index contributed by atoms with van der Waals surface area (Å²) < 4.78 is 30.1. The van der Waals surface area contributed by atoms with Crippen molar-refractivity contribution in [3.05, 3.63) is 24.0 Å². The molecule has 6 nitrogen and oxygen atoms in total. The molecule has 0 bridgehead atoms. The van der Waals surface area contributed by atoms with Crippen LogP contribution in [0.3, 0.4) is 0 Å². The Balaban J connectivity index is 1.60. The third-order valence-corrected chi connectivity index (χ3v) is 4.41. The number of aromatic nitrogens is 1. The molecule has 0 aromatic carbocycles. The summed E-state index contributed by atoms with van der Waals surface area (Å²) in [7, 11) is 0. The maximum Gasteiger partial charge on any atom is 0.164 e. The van der Waals surface area contributed by atoms with Crippen molar-refractivity contribution >= 4 is 0 Å². The molecular weight excluding hydrogens is 286 g/mol. The summed E-state index contributed by atoms with van der Waals surface area (Å²) in [6.45, 7) is 8.20. The highest BCUT2D eigenvalue weighted by atomic mass is 16.8. The standard InChI is InChI=1S/C16H23NO5/c1-15(2)18-8-10(20-15)12-14-13(21-16(3,4)22-14)11(19-12)9-6-5-7-17-9/h5-7,10-14,17H,8H2,1-4H3/t10?,11-,12?,13+,14-/m0/s1. The van der Waals surface area contributed by atoms with Crippen LogP contribution in [0.25, 0.3) is 0 Å². The van der Waals surface area contributed by atoms with Gasteiger partial charge in [-0.05, 0) is 39.8 Å². The average molecular weight is 309 g/mol. The van der Waals surface area contributed by atoms with Crippen molar-refractivity contribution in [3.63, 3.8) is 0 Å². The van der Waals surface area contributed by atoms with Crippen LogP contribution in [0, 0.1) is 0 Å². The van der Waals surface area contributed by atoms with Gasteiger partial charge in [0.1, 0.15) is 30.5 Å². The second kappa shape index (κ2) is 4.79. The number of H-pyrrole nitrogens is 1. The van der Waals surface area contributed by atoms with Gasteiger partial charge in [0.2, 0.25) is 0 Å². The van der Waals surface area contributed by atoms with Crippen LogP contribution in [0.4, 0.5) is 0 Å². The largest absolute Gasteiger partial charge is 0.363 e. The fourth-order valence-corrected chi connectivity index (χ4v) is 3.58. The van der Waals surface area contributed by atoms with Gasteiger partial charge in [0, 0.05) is 11.9 Å². The lowest BCUT2D eigenvalue weighted by molar-refractivity contribution is -0.207. The lowest BCUT2D eigenvalue weighted by Crippen LogP contribution is -2.40. The zero-order valence-corrected chi connectivity index (χ0v) is 13.4. The molecule has 4 heterocycles. The summed E-state index contributed by atoms with van der Waals surface area (Å²) in [5, 5.41) is 0. The van der Waals surface area contributed by atoms with Crippen LogP contribution in [0.5, 0.6) is 0 Å². The first-order valence-corrected chi connectivity index (χ1v) is 7.81. The van der Waals surface area contributed by atoms with E-state index in [1.54, 1.807) is 0 Å². The Morgan fingerprint density at radius 2 is 1.77 bits per heavy atom. The van der Waals surface area contributed by atoms with E-state index in [-0.39, 0.29) is 30.5 Å². The Morgan fingerprint density at radius 3 is 2.41 bits per heavy atom. The van der Waals surface area contributed by atoms with Crippen LogP contribution in [0.1, 0.15) is 39.5 Å². The number of nitrogens with one attached hydrogen (secondary N) is 1. The number of hydrogen-bond donors (Lipinski definition) is 1. The fourth-order valence-electron chi connectivity index (χ4n) is 3.58. The Hall–Kier alpha value is -0.920. The molecule has 122 valence electrons. The van der Waals surface area contributed by atoms with Crippen LogP contribution in [-0.2, 0) is 23.7 Å². The van der Waals surface area contributed by atoms with Gasteiger partial charge >= 0.3 is 0 Å². The molecule has 0 saturated carbocycles. The number of hydrogen-bond acceptors (Lipinski definition) is 5. The second-order valence-electron chi connectivity index (χ2n) is 7.08. The minimum Gasteiger partial charge on any atom is -0.363 e. The molecule has 1 aromatic heterocycles. The highest BCUT2D eigenvalue weighted by Gasteiger charge is 2.59. The smallest absolute Gasteiger partial charge is 0.164 e. The zero-order valence-electron chi connectivity index (χ0n) is 13.4. The molecule has 3 aliphatic rings. The van der Waals surface area contributed by atoms with E-state index in [4.69, 9.17) is 23.7 Å². The van der Waals surface area contributed by atoms with Gasteiger partial charge in [0.25, 0.3) is 0 Å². The molecule has 3 aliphatic heterocycles. The number of aromatic amines is 1. The van der Waals surface area contributed by atoms with Crippen LogP contribution in [0.15, 0.2) is 18.3 Å². The average Bonchev–Trinajstić information content (AvgIpc) is 3.12. The van der Waals surface area contributed by atoms with Crippen molar-refractivity contribution in [2.45, 2.75) is 69.8 Å². The van der Waals surface area contributed by atoms with E-state index < -0.39 is 11.6 Å². The Labute approximate surface area is 130 Å². The van der Waals surface area contributed by atoms with Gasteiger partial charge in [-0.3, -0.25) is 0 Å². The first-order chi connectivity index (χ1) is 10.3. The van der Waals surface area contributed by atoms with Crippen molar-refractivity contribution in [2.75, 3.05) is 6.61 Å². The van der Waals surface area contributed by atoms with Crippen molar-refractivity contribution in [1.29, 1.82) is 0 Å². The molecule has 22 heavy (non-hydrogen) atoms. The minimum atomic E-state index is -0.614. The lowest BCUT2D eigenvalue weighted by atomic mass is 10.0. The Bertz CT molecular complexity index is 541. The molecule has 0 aliphatic carbocycles. The van der Waals surface area contributed by atoms with Crippen LogP contribution < -0.4 is 0 Å². The summed E-state index contributed by atoms with van der Waals surface area (Å²) in [6, 6.07) is 3.97. The number of fused-ring (bicyclic) bond motifs is 1. The Morgan fingerprint density at radius 1 is 1.00 bits per heavy atom. The first-order valence-electron chi connectivity index (χ1n) is 7.81. The van der Waals surface area contributed by atoms with E-state index in [1.807, 2.05) is 46.0 Å². The van der Waals surface area contributed by atoms with E-state index in [0.717, 1.165) is 5.69 Å². The predicted octanol–water partition coefficient (Wildman–Crippen LogP) is 2.13. The Kier molecular flexibility index (Phi) is 3.19. The highest BCUT2D eigenvalue weighted by Crippen LogP contribution is 2.47. The fraction of sp³-hybridized carbons (Fsp3) is 0.750. The number of ether oxygens (including phenoxy) is 5. The third kappa shape index (κ3) is 2.39. The topological polar surface area (TPSA) is 61.9 Å². The van der Waals surface area contributed by atoms with Crippen LogP contribution in [-0.4, -0.2) is 47.6 Å². The molecule has 6 heteroatoms. The van der Waals surface area contributed by atoms with Gasteiger partial charge in [-0.1, -0.05) is 0 Å². The molecule has 3 fully saturated rings. The molecule has 1 N–H and O–H groups in total. The van der Waals surface area contributed by atoms with Crippen molar-refractivity contribution in [2.24, 2.45) is 0 Å². The molecule has 5 atom stereocenters. The summed E-state index contributed by atoms with van der Waals surface area (Å²) in [5.74, 6) is -1.19. The SMILES string of the molecule is CC1(C)OCC(C2O[C@@H](c3ccc[nH]3)[C@H]3OC(C)(C)O[C@@H]23)O1.